The van der Waals surface area contributed by atoms with Gasteiger partial charge in [0.05, 0.1) is 0 Å². The molecule has 0 bridgehead atoms. The van der Waals surface area contributed by atoms with Crippen LogP contribution in [0.2, 0.25) is 0 Å². The molecule has 2 rings (SSSR count). The van der Waals surface area contributed by atoms with Gasteiger partial charge in [-0.05, 0) is 64.3 Å². The van der Waals surface area contributed by atoms with Gasteiger partial charge in [0.25, 0.3) is 0 Å². The van der Waals surface area contributed by atoms with E-state index in [9.17, 15) is 0 Å². The third-order valence-electron chi connectivity index (χ3n) is 1.60. The van der Waals surface area contributed by atoms with Gasteiger partial charge in [0, 0.05) is 6.04 Å². The van der Waals surface area contributed by atoms with E-state index >= 15 is 0 Å². The first-order valence-electron chi connectivity index (χ1n) is 4.55. The summed E-state index contributed by atoms with van der Waals surface area (Å²) in [5.41, 5.74) is 0. The van der Waals surface area contributed by atoms with Crippen molar-refractivity contribution >= 4 is 0 Å². The van der Waals surface area contributed by atoms with E-state index in [0.29, 0.717) is 0 Å². The largest absolute Gasteiger partial charge is 2.00 e. The minimum absolute atomic E-state index is 0. The van der Waals surface area contributed by atoms with Crippen LogP contribution in [0.1, 0.15) is 6.92 Å². The SMILES string of the molecule is CCN[C]1[CH][CH][CH][CH]1.[CH]1[CH][CH][CH][CH]1.[Fe+2]. The number of nitrogens with one attached hydrogen (secondary N) is 1. The molecule has 2 aliphatic rings. The summed E-state index contributed by atoms with van der Waals surface area (Å²) in [6, 6.07) is 1.22. The van der Waals surface area contributed by atoms with Crippen molar-refractivity contribution in [3.05, 3.63) is 63.8 Å². The Morgan fingerprint density at radius 3 is 1.64 bits per heavy atom. The first kappa shape index (κ1) is 14.5. The van der Waals surface area contributed by atoms with Crippen LogP contribution >= 0.6 is 0 Å². The summed E-state index contributed by atoms with van der Waals surface area (Å²) in [6.07, 6.45) is 18.2. The molecule has 0 aliphatic heterocycles. The van der Waals surface area contributed by atoms with Gasteiger partial charge in [-0.2, -0.15) is 0 Å². The zero-order valence-corrected chi connectivity index (χ0v) is 9.36. The predicted molar refractivity (Wildman–Crippen MR) is 55.6 cm³/mol. The molecule has 0 saturated heterocycles. The number of hydrogen-bond donors (Lipinski definition) is 1. The Kier molecular flexibility index (Phi) is 10.4. The first-order chi connectivity index (χ1) is 6.43. The molecule has 0 aromatic heterocycles. The maximum atomic E-state index is 3.19. The Labute approximate surface area is 99.9 Å². The van der Waals surface area contributed by atoms with Crippen molar-refractivity contribution in [3.8, 4) is 0 Å². The fourth-order valence-electron chi connectivity index (χ4n) is 1.02. The number of rotatable bonds is 2. The first-order valence-corrected chi connectivity index (χ1v) is 4.55. The summed E-state index contributed by atoms with van der Waals surface area (Å²) >= 11 is 0. The molecule has 2 saturated carbocycles. The summed E-state index contributed by atoms with van der Waals surface area (Å²) in [5, 5.41) is 3.19. The minimum atomic E-state index is 0. The van der Waals surface area contributed by atoms with Gasteiger partial charge < -0.3 is 5.32 Å². The zero-order valence-electron chi connectivity index (χ0n) is 8.26. The maximum absolute atomic E-state index is 3.19. The molecule has 10 radical (unpaired) electrons. The summed E-state index contributed by atoms with van der Waals surface area (Å²) in [7, 11) is 0. The van der Waals surface area contributed by atoms with E-state index in [2.05, 4.69) is 25.1 Å². The van der Waals surface area contributed by atoms with Crippen LogP contribution in [0, 0.1) is 63.8 Å². The van der Waals surface area contributed by atoms with Gasteiger partial charge in [0.1, 0.15) is 0 Å². The topological polar surface area (TPSA) is 12.0 Å². The van der Waals surface area contributed by atoms with Crippen molar-refractivity contribution in [3.63, 3.8) is 0 Å². The van der Waals surface area contributed by atoms with E-state index in [1.54, 1.807) is 0 Å². The van der Waals surface area contributed by atoms with E-state index in [1.807, 2.05) is 44.9 Å². The molecule has 0 amide bonds. The molecule has 0 heterocycles. The van der Waals surface area contributed by atoms with Crippen LogP contribution in [0.5, 0.6) is 0 Å². The molecule has 2 heteroatoms. The molecule has 14 heavy (non-hydrogen) atoms. The summed E-state index contributed by atoms with van der Waals surface area (Å²) < 4.78 is 0. The third kappa shape index (κ3) is 6.86. The van der Waals surface area contributed by atoms with Crippen LogP contribution in [0.15, 0.2) is 0 Å². The molecule has 1 nitrogen and oxygen atoms in total. The Balaban J connectivity index is 0.000000246. The quantitative estimate of drug-likeness (QED) is 0.714. The monoisotopic (exact) mass is 229 g/mol. The second kappa shape index (κ2) is 10.0. The van der Waals surface area contributed by atoms with Crippen LogP contribution in [-0.4, -0.2) is 6.54 Å². The average Bonchev–Trinajstić information content (AvgIpc) is 2.79. The van der Waals surface area contributed by atoms with E-state index in [1.165, 1.54) is 6.04 Å². The Bertz CT molecular complexity index is 99.3. The molecule has 0 aromatic rings. The van der Waals surface area contributed by atoms with Gasteiger partial charge >= 0.3 is 17.1 Å². The Hall–Kier alpha value is 0.479. The molecule has 0 aromatic carbocycles. The maximum Gasteiger partial charge on any atom is 2.00 e. The molecule has 2 aliphatic carbocycles. The van der Waals surface area contributed by atoms with Crippen LogP contribution < -0.4 is 5.32 Å². The van der Waals surface area contributed by atoms with Crippen LogP contribution in [0.4, 0.5) is 0 Å². The van der Waals surface area contributed by atoms with Crippen LogP contribution in [0.3, 0.4) is 0 Å². The van der Waals surface area contributed by atoms with Crippen molar-refractivity contribution in [1.82, 2.24) is 5.32 Å². The van der Waals surface area contributed by atoms with E-state index in [0.717, 1.165) is 6.54 Å². The normalized spacial score (nSPS) is 21.2. The van der Waals surface area contributed by atoms with E-state index in [-0.39, 0.29) is 17.1 Å². The summed E-state index contributed by atoms with van der Waals surface area (Å²) in [5.74, 6) is 0. The predicted octanol–water partition coefficient (Wildman–Crippen LogP) is 1.98. The fourth-order valence-corrected chi connectivity index (χ4v) is 1.02. The third-order valence-corrected chi connectivity index (χ3v) is 1.60. The molecule has 1 N–H and O–H groups in total. The van der Waals surface area contributed by atoms with E-state index in [4.69, 9.17) is 0 Å². The summed E-state index contributed by atoms with van der Waals surface area (Å²) in [6.45, 7) is 3.09. The molecule has 0 atom stereocenters. The van der Waals surface area contributed by atoms with Gasteiger partial charge in [0.2, 0.25) is 0 Å². The van der Waals surface area contributed by atoms with Gasteiger partial charge in [-0.3, -0.25) is 0 Å². The summed E-state index contributed by atoms with van der Waals surface area (Å²) in [4.78, 5) is 0. The van der Waals surface area contributed by atoms with Gasteiger partial charge in [0.15, 0.2) is 0 Å². The van der Waals surface area contributed by atoms with Crippen molar-refractivity contribution in [1.29, 1.82) is 0 Å². The van der Waals surface area contributed by atoms with Crippen molar-refractivity contribution in [2.75, 3.05) is 6.54 Å². The zero-order chi connectivity index (χ0) is 9.36. The van der Waals surface area contributed by atoms with Crippen molar-refractivity contribution in [2.45, 2.75) is 6.92 Å². The second-order valence-corrected chi connectivity index (χ2v) is 2.67. The minimum Gasteiger partial charge on any atom is -0.309 e. The smallest absolute Gasteiger partial charge is 0.309 e. The second-order valence-electron chi connectivity index (χ2n) is 2.67. The molecule has 2 fully saturated rings. The van der Waals surface area contributed by atoms with Crippen LogP contribution in [-0.2, 0) is 17.1 Å². The standard InChI is InChI=1S/C7H10N.C5H5.Fe/c1-2-8-7-5-3-4-6-7;1-2-4-5-3-1;/h3-6,8H,2H2,1H3;1-5H;/q;;+2. The van der Waals surface area contributed by atoms with Crippen molar-refractivity contribution < 1.29 is 17.1 Å². The van der Waals surface area contributed by atoms with E-state index < -0.39 is 0 Å². The Morgan fingerprint density at radius 1 is 0.857 bits per heavy atom. The molecular formula is C12H15FeN+2. The van der Waals surface area contributed by atoms with Gasteiger partial charge in [-0.15, -0.1) is 0 Å². The van der Waals surface area contributed by atoms with Gasteiger partial charge in [-0.1, -0.05) is 6.92 Å². The fraction of sp³-hybridized carbons (Fsp3) is 0.167. The van der Waals surface area contributed by atoms with Crippen LogP contribution in [0.25, 0.3) is 0 Å². The molecule has 0 spiro atoms. The molecular weight excluding hydrogens is 214 g/mol. The molecule has 74 valence electrons. The molecule has 0 unspecified atom stereocenters. The average molecular weight is 229 g/mol. The number of hydrogen-bond acceptors (Lipinski definition) is 1. The van der Waals surface area contributed by atoms with Crippen molar-refractivity contribution in [2.24, 2.45) is 0 Å². The Morgan fingerprint density at radius 2 is 1.29 bits per heavy atom. The van der Waals surface area contributed by atoms with Gasteiger partial charge in [-0.25, -0.2) is 0 Å².